The summed E-state index contributed by atoms with van der Waals surface area (Å²) in [6.07, 6.45) is 0.377. The fourth-order valence-corrected chi connectivity index (χ4v) is 1.27. The van der Waals surface area contributed by atoms with E-state index >= 15 is 0 Å². The zero-order chi connectivity index (χ0) is 9.52. The molecule has 0 saturated heterocycles. The zero-order valence-electron chi connectivity index (χ0n) is 6.60. The Labute approximate surface area is 77.7 Å². The monoisotopic (exact) mass is 200 g/mol. The molecule has 1 aromatic rings. The summed E-state index contributed by atoms with van der Waals surface area (Å²) in [5.74, 6) is 0. The topological polar surface area (TPSA) is 67.4 Å². The molecule has 0 bridgehead atoms. The van der Waals surface area contributed by atoms with E-state index in [0.29, 0.717) is 11.3 Å². The van der Waals surface area contributed by atoms with Crippen LogP contribution in [0.15, 0.2) is 35.2 Å². The summed E-state index contributed by atoms with van der Waals surface area (Å²) in [5.41, 5.74) is 4.02. The van der Waals surface area contributed by atoms with Crippen LogP contribution in [0.1, 0.15) is 0 Å². The van der Waals surface area contributed by atoms with Crippen molar-refractivity contribution in [1.29, 1.82) is 0 Å². The number of carbonyl (C=O) groups is 1. The summed E-state index contributed by atoms with van der Waals surface area (Å²) in [7, 11) is 0. The van der Waals surface area contributed by atoms with Gasteiger partial charge >= 0.3 is 0 Å². The molecular formula is C7H8N2O3S. The summed E-state index contributed by atoms with van der Waals surface area (Å²) in [6.45, 7) is 0. The van der Waals surface area contributed by atoms with Crippen LogP contribution < -0.4 is 11.0 Å². The molecule has 0 aliphatic heterocycles. The Hall–Kier alpha value is -1.24. The van der Waals surface area contributed by atoms with E-state index in [1.165, 1.54) is 0 Å². The van der Waals surface area contributed by atoms with Crippen LogP contribution in [0.3, 0.4) is 0 Å². The third-order valence-electron chi connectivity index (χ3n) is 1.17. The highest BCUT2D eigenvalue weighted by molar-refractivity contribution is 7.80. The van der Waals surface area contributed by atoms with Crippen molar-refractivity contribution in [3.63, 3.8) is 0 Å². The molecule has 0 aliphatic carbocycles. The fourth-order valence-electron chi connectivity index (χ4n) is 0.666. The maximum absolute atomic E-state index is 11.2. The molecule has 70 valence electrons. The number of nitrogens with one attached hydrogen (secondary N) is 2. The molecular weight excluding hydrogens is 192 g/mol. The summed E-state index contributed by atoms with van der Waals surface area (Å²) in [4.78, 5) is 10.3. The maximum atomic E-state index is 11.2. The number of hydrogen-bond acceptors (Lipinski definition) is 4. The number of hydrogen-bond donors (Lipinski definition) is 2. The van der Waals surface area contributed by atoms with E-state index in [0.717, 1.165) is 0 Å². The van der Waals surface area contributed by atoms with Crippen molar-refractivity contribution in [3.8, 4) is 0 Å². The molecule has 5 nitrogen and oxygen atoms in total. The molecule has 0 saturated carbocycles. The van der Waals surface area contributed by atoms with E-state index in [2.05, 4.69) is 4.28 Å². The first kappa shape index (κ1) is 9.85. The lowest BCUT2D eigenvalue weighted by Gasteiger charge is -2.01. The molecule has 0 spiro atoms. The van der Waals surface area contributed by atoms with Gasteiger partial charge in [0.15, 0.2) is 0 Å². The van der Waals surface area contributed by atoms with E-state index in [1.807, 2.05) is 11.0 Å². The van der Waals surface area contributed by atoms with Gasteiger partial charge in [-0.2, -0.15) is 4.28 Å². The summed E-state index contributed by atoms with van der Waals surface area (Å²) >= 11 is -1.62. The molecule has 1 rings (SSSR count). The predicted molar refractivity (Wildman–Crippen MR) is 46.3 cm³/mol. The molecule has 1 unspecified atom stereocenters. The number of rotatable bonds is 5. The standard InChI is InChI=1S/C7H8N2O3S/c10-6-8-9-12-13(11)7-4-2-1-3-5-7/h1-6,9H,(H,8,10). The van der Waals surface area contributed by atoms with Crippen LogP contribution in [0.4, 0.5) is 0 Å². The second-order valence-corrected chi connectivity index (χ2v) is 3.10. The van der Waals surface area contributed by atoms with Gasteiger partial charge in [-0.3, -0.25) is 10.2 Å². The molecule has 0 fully saturated rings. The fraction of sp³-hybridized carbons (Fsp3) is 0. The quantitative estimate of drug-likeness (QED) is 0.395. The van der Waals surface area contributed by atoms with Gasteiger partial charge < -0.3 is 0 Å². The van der Waals surface area contributed by atoms with Crippen LogP contribution in [0, 0.1) is 0 Å². The Bertz CT molecular complexity index is 291. The van der Waals surface area contributed by atoms with Crippen LogP contribution >= 0.6 is 0 Å². The lowest BCUT2D eigenvalue weighted by molar-refractivity contribution is -0.112. The van der Waals surface area contributed by atoms with Gasteiger partial charge in [-0.15, -0.1) is 0 Å². The van der Waals surface area contributed by atoms with Gasteiger partial charge in [0, 0.05) is 0 Å². The lowest BCUT2D eigenvalue weighted by Crippen LogP contribution is -2.31. The van der Waals surface area contributed by atoms with Crippen molar-refractivity contribution in [2.45, 2.75) is 4.90 Å². The van der Waals surface area contributed by atoms with Gasteiger partial charge in [-0.1, -0.05) is 23.8 Å². The second kappa shape index (κ2) is 5.41. The van der Waals surface area contributed by atoms with Crippen molar-refractivity contribution < 1.29 is 13.3 Å². The normalized spacial score (nSPS) is 12.0. The van der Waals surface area contributed by atoms with Gasteiger partial charge in [0.25, 0.3) is 0 Å². The molecule has 13 heavy (non-hydrogen) atoms. The molecule has 0 heterocycles. The predicted octanol–water partition coefficient (Wildman–Crippen LogP) is -0.109. The van der Waals surface area contributed by atoms with Crippen LogP contribution in [0.2, 0.25) is 0 Å². The molecule has 1 amide bonds. The minimum Gasteiger partial charge on any atom is -0.277 e. The van der Waals surface area contributed by atoms with Crippen LogP contribution in [0.25, 0.3) is 0 Å². The minimum atomic E-state index is -1.62. The van der Waals surface area contributed by atoms with Crippen molar-refractivity contribution >= 4 is 17.5 Å². The SMILES string of the molecule is O=CNNOS(=O)c1ccccc1. The van der Waals surface area contributed by atoms with Crippen LogP contribution in [0.5, 0.6) is 0 Å². The average Bonchev–Trinajstić information content (AvgIpc) is 2.19. The Balaban J connectivity index is 2.45. The van der Waals surface area contributed by atoms with E-state index in [4.69, 9.17) is 0 Å². The highest BCUT2D eigenvalue weighted by Crippen LogP contribution is 2.04. The van der Waals surface area contributed by atoms with Crippen LogP contribution in [-0.2, 0) is 20.2 Å². The number of benzene rings is 1. The highest BCUT2D eigenvalue weighted by atomic mass is 32.2. The highest BCUT2D eigenvalue weighted by Gasteiger charge is 2.01. The number of carbonyl (C=O) groups excluding carboxylic acids is 1. The smallest absolute Gasteiger partial charge is 0.223 e. The van der Waals surface area contributed by atoms with Gasteiger partial charge in [0.2, 0.25) is 17.5 Å². The molecule has 0 radical (unpaired) electrons. The first-order valence-electron chi connectivity index (χ1n) is 3.43. The van der Waals surface area contributed by atoms with Gasteiger partial charge in [-0.05, 0) is 12.1 Å². The third-order valence-corrected chi connectivity index (χ3v) is 2.06. The van der Waals surface area contributed by atoms with Crippen molar-refractivity contribution in [2.24, 2.45) is 0 Å². The van der Waals surface area contributed by atoms with Gasteiger partial charge in [-0.25, -0.2) is 4.21 Å². The van der Waals surface area contributed by atoms with E-state index in [1.54, 1.807) is 30.3 Å². The molecule has 0 aliphatic rings. The minimum absolute atomic E-state index is 0.377. The van der Waals surface area contributed by atoms with E-state index in [-0.39, 0.29) is 0 Å². The third kappa shape index (κ3) is 3.32. The Morgan fingerprint density at radius 3 is 2.62 bits per heavy atom. The zero-order valence-corrected chi connectivity index (χ0v) is 7.41. The molecule has 1 atom stereocenters. The maximum Gasteiger partial charge on any atom is 0.223 e. The summed E-state index contributed by atoms with van der Waals surface area (Å²) in [5, 5.41) is 0. The van der Waals surface area contributed by atoms with E-state index in [9.17, 15) is 9.00 Å². The van der Waals surface area contributed by atoms with Gasteiger partial charge in [0.1, 0.15) is 0 Å². The Morgan fingerprint density at radius 2 is 2.00 bits per heavy atom. The summed E-state index contributed by atoms with van der Waals surface area (Å²) in [6, 6.07) is 8.59. The summed E-state index contributed by atoms with van der Waals surface area (Å²) < 4.78 is 15.7. The largest absolute Gasteiger partial charge is 0.277 e. The second-order valence-electron chi connectivity index (χ2n) is 2.00. The molecule has 1 aromatic carbocycles. The first-order chi connectivity index (χ1) is 6.34. The van der Waals surface area contributed by atoms with Crippen molar-refractivity contribution in [1.82, 2.24) is 11.0 Å². The van der Waals surface area contributed by atoms with E-state index < -0.39 is 11.1 Å². The van der Waals surface area contributed by atoms with Gasteiger partial charge in [0.05, 0.1) is 4.90 Å². The average molecular weight is 200 g/mol. The van der Waals surface area contributed by atoms with Crippen LogP contribution in [-0.4, -0.2) is 10.6 Å². The Morgan fingerprint density at radius 1 is 1.31 bits per heavy atom. The number of amides is 1. The molecule has 2 N–H and O–H groups in total. The first-order valence-corrected chi connectivity index (χ1v) is 4.50. The lowest BCUT2D eigenvalue weighted by atomic mass is 10.4. The van der Waals surface area contributed by atoms with Crippen molar-refractivity contribution in [2.75, 3.05) is 0 Å². The molecule has 0 aromatic heterocycles. The van der Waals surface area contributed by atoms with Crippen molar-refractivity contribution in [3.05, 3.63) is 30.3 Å². The number of hydrazine groups is 1. The Kier molecular flexibility index (Phi) is 4.10. The molecule has 6 heteroatoms.